The van der Waals surface area contributed by atoms with Crippen LogP contribution in [0.4, 0.5) is 5.69 Å². The molecule has 2 bridgehead atoms. The van der Waals surface area contributed by atoms with Gasteiger partial charge in [-0.2, -0.15) is 0 Å². The van der Waals surface area contributed by atoms with Gasteiger partial charge in [-0.05, 0) is 64.5 Å². The molecule has 1 amide bonds. The maximum atomic E-state index is 13.6. The Labute approximate surface area is 205 Å². The Morgan fingerprint density at radius 2 is 1.72 bits per heavy atom. The van der Waals surface area contributed by atoms with Gasteiger partial charge in [0.05, 0.1) is 16.7 Å². The van der Waals surface area contributed by atoms with Gasteiger partial charge in [-0.3, -0.25) is 4.79 Å². The number of fused-ring (bicyclic) bond motifs is 2. The first-order valence-electron chi connectivity index (χ1n) is 10.3. The number of carbonyl (C=O) groups excluding carboxylic acids is 2. The summed E-state index contributed by atoms with van der Waals surface area (Å²) < 4.78 is 0.640. The Bertz CT molecular complexity index is 1130. The monoisotopic (exact) mass is 536 g/mol. The summed E-state index contributed by atoms with van der Waals surface area (Å²) in [6.45, 7) is 6.27. The number of benzene rings is 2. The Balaban J connectivity index is 1.61. The zero-order valence-electron chi connectivity index (χ0n) is 18.0. The standard InChI is InChI=1S/C24H23BrCl2N2O3/c1-22(2)23(3)8-9-24(22,21(31)28-16-11-14(26)10-15(27)12-16)13-19(23)29-32-20(30)17-6-4-5-7-18(17)25/h4-7,10-12H,8-9,13H2,1-3H3,(H,28,31)/b29-19-. The number of anilines is 1. The molecule has 8 heteroatoms. The van der Waals surface area contributed by atoms with E-state index in [1.807, 2.05) is 6.07 Å². The highest BCUT2D eigenvalue weighted by Gasteiger charge is 2.71. The van der Waals surface area contributed by atoms with E-state index in [0.717, 1.165) is 12.1 Å². The van der Waals surface area contributed by atoms with Crippen LogP contribution in [-0.4, -0.2) is 17.6 Å². The number of halogens is 3. The third-order valence-electron chi connectivity index (χ3n) is 7.62. The molecule has 0 spiro atoms. The second-order valence-electron chi connectivity index (χ2n) is 9.22. The Hall–Kier alpha value is -1.89. The molecule has 5 nitrogen and oxygen atoms in total. The van der Waals surface area contributed by atoms with Gasteiger partial charge in [0.15, 0.2) is 0 Å². The molecule has 1 N–H and O–H groups in total. The van der Waals surface area contributed by atoms with E-state index in [9.17, 15) is 9.59 Å². The lowest BCUT2D eigenvalue weighted by atomic mass is 9.64. The zero-order chi connectivity index (χ0) is 23.3. The molecule has 0 radical (unpaired) electrons. The Kier molecular flexibility index (Phi) is 5.93. The van der Waals surface area contributed by atoms with Crippen LogP contribution in [0.15, 0.2) is 52.1 Å². The van der Waals surface area contributed by atoms with Crippen molar-refractivity contribution in [1.82, 2.24) is 0 Å². The highest BCUT2D eigenvalue weighted by Crippen LogP contribution is 2.71. The molecule has 0 aromatic heterocycles. The van der Waals surface area contributed by atoms with Crippen molar-refractivity contribution in [3.8, 4) is 0 Å². The highest BCUT2D eigenvalue weighted by molar-refractivity contribution is 9.10. The molecule has 168 valence electrons. The van der Waals surface area contributed by atoms with Crippen LogP contribution in [0.1, 0.15) is 50.4 Å². The number of hydrogen-bond donors (Lipinski definition) is 1. The van der Waals surface area contributed by atoms with Gasteiger partial charge >= 0.3 is 5.97 Å². The summed E-state index contributed by atoms with van der Waals surface area (Å²) in [5.74, 6) is -0.645. The summed E-state index contributed by atoms with van der Waals surface area (Å²) in [6, 6.07) is 12.0. The van der Waals surface area contributed by atoms with Gasteiger partial charge in [0.1, 0.15) is 0 Å². The molecule has 2 aromatic carbocycles. The molecule has 2 saturated carbocycles. The van der Waals surface area contributed by atoms with Crippen LogP contribution in [0.3, 0.4) is 0 Å². The average molecular weight is 538 g/mol. The lowest BCUT2D eigenvalue weighted by Crippen LogP contribution is -2.43. The number of hydrogen-bond acceptors (Lipinski definition) is 4. The number of oxime groups is 1. The lowest BCUT2D eigenvalue weighted by Gasteiger charge is -2.39. The first-order chi connectivity index (χ1) is 15.0. The minimum absolute atomic E-state index is 0.105. The van der Waals surface area contributed by atoms with E-state index in [4.69, 9.17) is 28.0 Å². The number of nitrogens with one attached hydrogen (secondary N) is 1. The van der Waals surface area contributed by atoms with E-state index < -0.39 is 16.8 Å². The van der Waals surface area contributed by atoms with Crippen LogP contribution < -0.4 is 5.32 Å². The Morgan fingerprint density at radius 1 is 1.06 bits per heavy atom. The van der Waals surface area contributed by atoms with Crippen molar-refractivity contribution in [1.29, 1.82) is 0 Å². The first-order valence-corrected chi connectivity index (χ1v) is 11.9. The fourth-order valence-electron chi connectivity index (χ4n) is 5.17. The lowest BCUT2D eigenvalue weighted by molar-refractivity contribution is -0.130. The molecule has 2 aromatic rings. The summed E-state index contributed by atoms with van der Waals surface area (Å²) in [4.78, 5) is 31.4. The van der Waals surface area contributed by atoms with Crippen LogP contribution in [-0.2, 0) is 9.63 Å². The van der Waals surface area contributed by atoms with E-state index in [0.29, 0.717) is 38.6 Å². The van der Waals surface area contributed by atoms with E-state index in [-0.39, 0.29) is 11.3 Å². The SMILES string of the molecule is CC12CCC(C(=O)Nc3cc(Cl)cc(Cl)c3)(C/C1=N/OC(=O)c1ccccc1Br)C2(C)C. The number of amides is 1. The summed E-state index contributed by atoms with van der Waals surface area (Å²) in [5, 5.41) is 8.18. The van der Waals surface area contributed by atoms with Crippen LogP contribution in [0, 0.1) is 16.2 Å². The molecular weight excluding hydrogens is 515 g/mol. The summed E-state index contributed by atoms with van der Waals surface area (Å²) in [7, 11) is 0. The molecule has 2 aliphatic carbocycles. The molecule has 2 unspecified atom stereocenters. The fourth-order valence-corrected chi connectivity index (χ4v) is 6.14. The van der Waals surface area contributed by atoms with Gasteiger partial charge in [0.25, 0.3) is 0 Å². The summed E-state index contributed by atoms with van der Waals surface area (Å²) in [5.41, 5.74) is 0.227. The summed E-state index contributed by atoms with van der Waals surface area (Å²) >= 11 is 15.6. The van der Waals surface area contributed by atoms with Crippen molar-refractivity contribution in [3.63, 3.8) is 0 Å². The molecule has 32 heavy (non-hydrogen) atoms. The number of nitrogens with zero attached hydrogens (tertiary/aromatic N) is 1. The maximum absolute atomic E-state index is 13.6. The second kappa shape index (κ2) is 8.15. The molecule has 2 aliphatic rings. The van der Waals surface area contributed by atoms with Crippen molar-refractivity contribution in [3.05, 3.63) is 62.5 Å². The third kappa shape index (κ3) is 3.57. The van der Waals surface area contributed by atoms with Gasteiger partial charge in [0.2, 0.25) is 5.91 Å². The molecule has 0 aliphatic heterocycles. The van der Waals surface area contributed by atoms with Crippen molar-refractivity contribution in [2.24, 2.45) is 21.4 Å². The zero-order valence-corrected chi connectivity index (χ0v) is 21.1. The van der Waals surface area contributed by atoms with Crippen LogP contribution in [0.2, 0.25) is 10.0 Å². The average Bonchev–Trinajstić information content (AvgIpc) is 3.02. The predicted molar refractivity (Wildman–Crippen MR) is 130 cm³/mol. The molecule has 0 saturated heterocycles. The van der Waals surface area contributed by atoms with E-state index >= 15 is 0 Å². The highest BCUT2D eigenvalue weighted by atomic mass is 79.9. The molecule has 2 atom stereocenters. The minimum atomic E-state index is -0.685. The topological polar surface area (TPSA) is 67.8 Å². The van der Waals surface area contributed by atoms with Gasteiger partial charge in [-0.25, -0.2) is 4.79 Å². The van der Waals surface area contributed by atoms with Crippen molar-refractivity contribution < 1.29 is 14.4 Å². The maximum Gasteiger partial charge on any atom is 0.366 e. The van der Waals surface area contributed by atoms with E-state index in [2.05, 4.69) is 47.2 Å². The largest absolute Gasteiger partial charge is 0.366 e. The molecule has 2 fully saturated rings. The first kappa shape index (κ1) is 23.3. The van der Waals surface area contributed by atoms with Crippen molar-refractivity contribution in [2.75, 3.05) is 5.32 Å². The summed E-state index contributed by atoms with van der Waals surface area (Å²) in [6.07, 6.45) is 1.91. The van der Waals surface area contributed by atoms with Crippen molar-refractivity contribution in [2.45, 2.75) is 40.0 Å². The molecular formula is C24H23BrCl2N2O3. The Morgan fingerprint density at radius 3 is 2.38 bits per heavy atom. The smallest absolute Gasteiger partial charge is 0.325 e. The third-order valence-corrected chi connectivity index (χ3v) is 8.75. The number of carbonyl (C=O) groups is 2. The van der Waals surface area contributed by atoms with Crippen molar-refractivity contribution >= 4 is 62.4 Å². The second-order valence-corrected chi connectivity index (χ2v) is 11.0. The van der Waals surface area contributed by atoms with Crippen LogP contribution >= 0.6 is 39.1 Å². The molecule has 0 heterocycles. The van der Waals surface area contributed by atoms with Gasteiger partial charge in [-0.15, -0.1) is 0 Å². The quantitative estimate of drug-likeness (QED) is 0.333. The van der Waals surface area contributed by atoms with Crippen LogP contribution in [0.5, 0.6) is 0 Å². The fraction of sp³-hybridized carbons (Fsp3) is 0.375. The molecule has 4 rings (SSSR count). The van der Waals surface area contributed by atoms with E-state index in [1.165, 1.54) is 0 Å². The number of rotatable bonds is 4. The van der Waals surface area contributed by atoms with Gasteiger partial charge < -0.3 is 10.2 Å². The van der Waals surface area contributed by atoms with E-state index in [1.54, 1.807) is 36.4 Å². The minimum Gasteiger partial charge on any atom is -0.325 e. The van der Waals surface area contributed by atoms with Gasteiger partial charge in [0, 0.05) is 32.0 Å². The predicted octanol–water partition coefficient (Wildman–Crippen LogP) is 7.12. The normalized spacial score (nSPS) is 26.9. The van der Waals surface area contributed by atoms with Gasteiger partial charge in [-0.1, -0.05) is 61.3 Å². The van der Waals surface area contributed by atoms with Crippen LogP contribution in [0.25, 0.3) is 0 Å².